The van der Waals surface area contributed by atoms with Crippen LogP contribution in [-0.4, -0.2) is 83.3 Å². The highest BCUT2D eigenvalue weighted by Crippen LogP contribution is 2.36. The molecule has 6 heterocycles. The van der Waals surface area contributed by atoms with Gasteiger partial charge >= 0.3 is 6.36 Å². The topological polar surface area (TPSA) is 98.7 Å². The molecule has 15 heteroatoms. The highest BCUT2D eigenvalue weighted by atomic mass is 19.4. The van der Waals surface area contributed by atoms with Crippen LogP contribution in [0.1, 0.15) is 44.0 Å². The molecule has 2 saturated heterocycles. The van der Waals surface area contributed by atoms with E-state index in [4.69, 9.17) is 14.7 Å². The maximum absolute atomic E-state index is 13.9. The molecule has 4 aromatic heterocycles. The summed E-state index contributed by atoms with van der Waals surface area (Å²) in [5.74, 6) is 0.362. The van der Waals surface area contributed by atoms with Gasteiger partial charge in [0, 0.05) is 31.8 Å². The Morgan fingerprint density at radius 3 is 2.56 bits per heavy atom. The van der Waals surface area contributed by atoms with Crippen LogP contribution in [0.4, 0.5) is 23.4 Å². The van der Waals surface area contributed by atoms with Crippen LogP contribution < -0.4 is 9.64 Å². The van der Waals surface area contributed by atoms with Gasteiger partial charge < -0.3 is 18.9 Å². The molecule has 0 saturated carbocycles. The van der Waals surface area contributed by atoms with Gasteiger partial charge in [-0.15, -0.1) is 23.4 Å². The van der Waals surface area contributed by atoms with E-state index in [-0.39, 0.29) is 24.0 Å². The third-order valence-corrected chi connectivity index (χ3v) is 8.51. The number of ether oxygens (including phenoxy) is 2. The molecule has 0 N–H and O–H groups in total. The largest absolute Gasteiger partial charge is 0.573 e. The number of nitrogens with zero attached hydrogens (tertiary/aromatic N) is 9. The number of halogens is 4. The minimum atomic E-state index is -4.82. The van der Waals surface area contributed by atoms with Crippen LogP contribution >= 0.6 is 0 Å². The number of benzene rings is 1. The van der Waals surface area contributed by atoms with E-state index in [1.165, 1.54) is 24.3 Å². The summed E-state index contributed by atoms with van der Waals surface area (Å²) in [4.78, 5) is 18.5. The van der Waals surface area contributed by atoms with Crippen LogP contribution in [0.2, 0.25) is 0 Å². The van der Waals surface area contributed by atoms with Gasteiger partial charge in [-0.05, 0) is 56.5 Å². The van der Waals surface area contributed by atoms with Crippen LogP contribution in [-0.2, 0) is 11.3 Å². The molecule has 2 aliphatic heterocycles. The number of piperazine rings is 1. The summed E-state index contributed by atoms with van der Waals surface area (Å²) in [6, 6.07) is 8.26. The van der Waals surface area contributed by atoms with Gasteiger partial charge in [-0.3, -0.25) is 9.88 Å². The van der Waals surface area contributed by atoms with Crippen molar-refractivity contribution in [3.63, 3.8) is 0 Å². The molecule has 4 atom stereocenters. The van der Waals surface area contributed by atoms with Crippen molar-refractivity contribution in [3.8, 4) is 5.75 Å². The van der Waals surface area contributed by atoms with Gasteiger partial charge in [0.25, 0.3) is 5.78 Å². The zero-order valence-corrected chi connectivity index (χ0v) is 24.6. The number of imidazole rings is 1. The van der Waals surface area contributed by atoms with Crippen molar-refractivity contribution in [2.24, 2.45) is 0 Å². The van der Waals surface area contributed by atoms with Gasteiger partial charge in [0.1, 0.15) is 23.4 Å². The predicted molar refractivity (Wildman–Crippen MR) is 155 cm³/mol. The second-order valence-corrected chi connectivity index (χ2v) is 11.6. The van der Waals surface area contributed by atoms with E-state index in [1.54, 1.807) is 18.5 Å². The van der Waals surface area contributed by atoms with Gasteiger partial charge in [-0.1, -0.05) is 12.1 Å². The second kappa shape index (κ2) is 11.5. The molecule has 11 nitrogen and oxygen atoms in total. The summed E-state index contributed by atoms with van der Waals surface area (Å²) < 4.78 is 66.2. The van der Waals surface area contributed by atoms with Gasteiger partial charge in [0.15, 0.2) is 11.5 Å². The molecule has 45 heavy (non-hydrogen) atoms. The second-order valence-electron chi connectivity index (χ2n) is 11.6. The number of alkyl halides is 3. The lowest BCUT2D eigenvalue weighted by Gasteiger charge is -2.47. The van der Waals surface area contributed by atoms with Crippen LogP contribution in [0.25, 0.3) is 16.9 Å². The van der Waals surface area contributed by atoms with Crippen molar-refractivity contribution in [2.45, 2.75) is 63.8 Å². The smallest absolute Gasteiger partial charge is 0.404 e. The molecule has 7 rings (SSSR count). The molecule has 0 radical (unpaired) electrons. The zero-order chi connectivity index (χ0) is 31.3. The zero-order valence-electron chi connectivity index (χ0n) is 24.6. The van der Waals surface area contributed by atoms with Crippen LogP contribution in [0, 0.1) is 5.82 Å². The van der Waals surface area contributed by atoms with Gasteiger partial charge in [-0.2, -0.15) is 4.98 Å². The van der Waals surface area contributed by atoms with Crippen molar-refractivity contribution in [2.75, 3.05) is 24.6 Å². The average Bonchev–Trinajstić information content (AvgIpc) is 3.77. The third-order valence-electron chi connectivity index (χ3n) is 8.51. The highest BCUT2D eigenvalue weighted by molar-refractivity contribution is 5.86. The van der Waals surface area contributed by atoms with Crippen molar-refractivity contribution in [1.82, 2.24) is 39.0 Å². The van der Waals surface area contributed by atoms with Crippen molar-refractivity contribution in [3.05, 3.63) is 72.3 Å². The molecule has 5 aromatic rings. The monoisotopic (exact) mass is 625 g/mol. The first-order valence-corrected chi connectivity index (χ1v) is 14.8. The first kappa shape index (κ1) is 29.3. The molecular weight excluding hydrogens is 594 g/mol. The summed E-state index contributed by atoms with van der Waals surface area (Å²) in [7, 11) is 0. The van der Waals surface area contributed by atoms with Crippen LogP contribution in [0.5, 0.6) is 5.75 Å². The Bertz CT molecular complexity index is 1790. The molecular formula is C30H31F4N9O2. The standard InChI is InChI=1S/C30H31F4N9O2/c1-18-14-42(27-25-28(43-17-37-39-29(43)38-27)40(16-36-25)15-23-4-3-11-44-23)19(2)13-41(18)26(20-5-7-21(31)8-6-20)24-10-9-22(12-35-24)45-30(32,33)34/h5-10,12,16-19,23,26H,3-4,11,13-15H2,1-2H3/t18-,19+,23+,26-/m1/s1. The van der Waals surface area contributed by atoms with E-state index in [0.717, 1.165) is 42.4 Å². The van der Waals surface area contributed by atoms with E-state index in [0.29, 0.717) is 36.9 Å². The van der Waals surface area contributed by atoms with E-state index >= 15 is 0 Å². The van der Waals surface area contributed by atoms with Crippen molar-refractivity contribution in [1.29, 1.82) is 0 Å². The molecule has 1 aromatic carbocycles. The number of aromatic nitrogens is 7. The maximum Gasteiger partial charge on any atom is 0.573 e. The summed E-state index contributed by atoms with van der Waals surface area (Å²) >= 11 is 0. The maximum atomic E-state index is 13.9. The van der Waals surface area contributed by atoms with Crippen molar-refractivity contribution < 1.29 is 27.0 Å². The molecule has 0 spiro atoms. The lowest BCUT2D eigenvalue weighted by Crippen LogP contribution is -2.57. The summed E-state index contributed by atoms with van der Waals surface area (Å²) in [6.45, 7) is 6.67. The van der Waals surface area contributed by atoms with E-state index in [1.807, 2.05) is 10.7 Å². The summed E-state index contributed by atoms with van der Waals surface area (Å²) in [5, 5.41) is 8.36. The highest BCUT2D eigenvalue weighted by Gasteiger charge is 2.38. The van der Waals surface area contributed by atoms with E-state index in [9.17, 15) is 17.6 Å². The van der Waals surface area contributed by atoms with Gasteiger partial charge in [0.2, 0.25) is 0 Å². The Kier molecular flexibility index (Phi) is 7.52. The molecule has 2 aliphatic rings. The van der Waals surface area contributed by atoms with Gasteiger partial charge in [0.05, 0.1) is 36.9 Å². The Hall–Kier alpha value is -4.37. The van der Waals surface area contributed by atoms with E-state index in [2.05, 4.69) is 48.1 Å². The molecule has 0 bridgehead atoms. The minimum Gasteiger partial charge on any atom is -0.404 e. The lowest BCUT2D eigenvalue weighted by atomic mass is 9.96. The summed E-state index contributed by atoms with van der Waals surface area (Å²) in [6.07, 6.45) is 1.81. The normalized spacial score (nSPS) is 22.0. The third kappa shape index (κ3) is 5.77. The fraction of sp³-hybridized carbons (Fsp3) is 0.433. The number of hydrogen-bond donors (Lipinski definition) is 0. The Labute approximate surface area is 255 Å². The first-order valence-electron chi connectivity index (χ1n) is 14.8. The Morgan fingerprint density at radius 2 is 1.84 bits per heavy atom. The summed E-state index contributed by atoms with van der Waals surface area (Å²) in [5.41, 5.74) is 2.85. The number of hydrogen-bond acceptors (Lipinski definition) is 9. The number of rotatable bonds is 7. The SMILES string of the molecule is C[C@@H]1CN(c2nc3nncn3c3c2ncn3C[C@@H]2CCCO2)[C@@H](C)CN1[C@H](c1ccc(F)cc1)c1ccc(OC(F)(F)F)cn1. The number of fused-ring (bicyclic) bond motifs is 3. The lowest BCUT2D eigenvalue weighted by molar-refractivity contribution is -0.274. The van der Waals surface area contributed by atoms with Crippen LogP contribution in [0.3, 0.4) is 0 Å². The fourth-order valence-corrected chi connectivity index (χ4v) is 6.46. The van der Waals surface area contributed by atoms with E-state index < -0.39 is 18.2 Å². The molecule has 0 amide bonds. The molecule has 0 unspecified atom stereocenters. The predicted octanol–water partition coefficient (Wildman–Crippen LogP) is 4.77. The number of pyridine rings is 1. The fourth-order valence-electron chi connectivity index (χ4n) is 6.46. The average molecular weight is 626 g/mol. The molecule has 2 fully saturated rings. The number of anilines is 1. The Balaban J connectivity index is 1.22. The van der Waals surface area contributed by atoms with Crippen LogP contribution in [0.15, 0.2) is 55.2 Å². The van der Waals surface area contributed by atoms with Gasteiger partial charge in [-0.25, -0.2) is 13.8 Å². The quantitative estimate of drug-likeness (QED) is 0.237. The van der Waals surface area contributed by atoms with Crippen molar-refractivity contribution >= 4 is 22.8 Å². The minimum absolute atomic E-state index is 0.0682. The first-order chi connectivity index (χ1) is 21.6. The molecule has 0 aliphatic carbocycles. The molecule has 236 valence electrons. The Morgan fingerprint density at radius 1 is 1.02 bits per heavy atom.